The molecule has 8 nitrogen and oxygen atoms in total. The van der Waals surface area contributed by atoms with E-state index in [1.54, 1.807) is 36.7 Å². The van der Waals surface area contributed by atoms with Crippen molar-refractivity contribution in [3.8, 4) is 17.2 Å². The number of carbonyl (C=O) groups excluding carboxylic acids is 1. The lowest BCUT2D eigenvalue weighted by Crippen LogP contribution is -2.32. The highest BCUT2D eigenvalue weighted by Crippen LogP contribution is 2.30. The molecule has 3 rings (SSSR count). The minimum atomic E-state index is -3.51. The topological polar surface area (TPSA) is 94.2 Å². The summed E-state index contributed by atoms with van der Waals surface area (Å²) in [5, 5.41) is 2.88. The molecule has 0 unspecified atom stereocenters. The Balaban J connectivity index is 1.55. The van der Waals surface area contributed by atoms with E-state index in [9.17, 15) is 13.2 Å². The monoisotopic (exact) mass is 476 g/mol. The van der Waals surface area contributed by atoms with Crippen LogP contribution < -0.4 is 19.5 Å². The number of ether oxygens (including phenoxy) is 3. The summed E-state index contributed by atoms with van der Waals surface area (Å²) < 4.78 is 43.4. The Kier molecular flexibility index (Phi) is 8.57. The number of amides is 1. The van der Waals surface area contributed by atoms with Crippen LogP contribution in [0.5, 0.6) is 17.2 Å². The summed E-state index contributed by atoms with van der Waals surface area (Å²) in [6, 6.07) is 11.4. The Morgan fingerprint density at radius 1 is 0.970 bits per heavy atom. The van der Waals surface area contributed by atoms with Gasteiger partial charge in [-0.25, -0.2) is 8.42 Å². The van der Waals surface area contributed by atoms with Gasteiger partial charge in [0.25, 0.3) is 5.91 Å². The van der Waals surface area contributed by atoms with E-state index in [2.05, 4.69) is 5.32 Å². The third-order valence-corrected chi connectivity index (χ3v) is 7.59. The van der Waals surface area contributed by atoms with Gasteiger partial charge in [-0.3, -0.25) is 4.79 Å². The van der Waals surface area contributed by atoms with E-state index < -0.39 is 10.0 Å². The minimum Gasteiger partial charge on any atom is -0.493 e. The lowest BCUT2D eigenvalue weighted by atomic mass is 10.1. The van der Waals surface area contributed by atoms with Gasteiger partial charge < -0.3 is 19.5 Å². The predicted octanol–water partition coefficient (Wildman–Crippen LogP) is 3.52. The quantitative estimate of drug-likeness (QED) is 0.595. The summed E-state index contributed by atoms with van der Waals surface area (Å²) >= 11 is 0. The van der Waals surface area contributed by atoms with Crippen LogP contribution in [0.4, 0.5) is 0 Å². The van der Waals surface area contributed by atoms with Crippen LogP contribution in [0.2, 0.25) is 0 Å². The molecular formula is C24H32N2O6S. The van der Waals surface area contributed by atoms with Gasteiger partial charge in [-0.05, 0) is 61.7 Å². The number of nitrogens with zero attached hydrogens (tertiary/aromatic N) is 1. The van der Waals surface area contributed by atoms with Crippen LogP contribution in [0.1, 0.15) is 44.2 Å². The standard InChI is InChI=1S/C24H32N2O6S/c1-18(19-8-13-22(30-2)23(16-19)31-3)25-24(27)17-32-20-9-11-21(12-10-20)33(28,29)26-14-6-4-5-7-15-26/h8-13,16,18H,4-7,14-15,17H2,1-3H3,(H,25,27)/t18-/m0/s1. The molecule has 180 valence electrons. The number of carbonyl (C=O) groups is 1. The first-order valence-corrected chi connectivity index (χ1v) is 12.5. The molecule has 1 heterocycles. The molecule has 0 saturated carbocycles. The fraction of sp³-hybridized carbons (Fsp3) is 0.458. The summed E-state index contributed by atoms with van der Waals surface area (Å²) in [5.74, 6) is 1.34. The number of hydrogen-bond acceptors (Lipinski definition) is 6. The van der Waals surface area contributed by atoms with Gasteiger partial charge >= 0.3 is 0 Å². The number of rotatable bonds is 9. The maximum atomic E-state index is 12.9. The Morgan fingerprint density at radius 3 is 2.21 bits per heavy atom. The second-order valence-corrected chi connectivity index (χ2v) is 9.92. The van der Waals surface area contributed by atoms with Crippen LogP contribution >= 0.6 is 0 Å². The third kappa shape index (κ3) is 6.39. The van der Waals surface area contributed by atoms with E-state index in [1.165, 1.54) is 12.1 Å². The highest BCUT2D eigenvalue weighted by atomic mass is 32.2. The second-order valence-electron chi connectivity index (χ2n) is 7.98. The smallest absolute Gasteiger partial charge is 0.258 e. The first-order valence-electron chi connectivity index (χ1n) is 11.1. The van der Waals surface area contributed by atoms with E-state index in [1.807, 2.05) is 19.1 Å². The molecule has 0 aromatic heterocycles. The molecule has 0 radical (unpaired) electrons. The van der Waals surface area contributed by atoms with E-state index >= 15 is 0 Å². The molecule has 2 aromatic carbocycles. The molecule has 1 amide bonds. The van der Waals surface area contributed by atoms with Crippen LogP contribution in [0.25, 0.3) is 0 Å². The zero-order chi connectivity index (χ0) is 23.8. The van der Waals surface area contributed by atoms with E-state index in [0.29, 0.717) is 30.3 Å². The highest BCUT2D eigenvalue weighted by Gasteiger charge is 2.25. The van der Waals surface area contributed by atoms with Crippen LogP contribution in [-0.2, 0) is 14.8 Å². The summed E-state index contributed by atoms with van der Waals surface area (Å²) in [5.41, 5.74) is 0.865. The Hall–Kier alpha value is -2.78. The number of nitrogens with one attached hydrogen (secondary N) is 1. The molecule has 9 heteroatoms. The van der Waals surface area contributed by atoms with Crippen LogP contribution in [-0.4, -0.2) is 52.5 Å². The largest absolute Gasteiger partial charge is 0.493 e. The van der Waals surface area contributed by atoms with Gasteiger partial charge in [0, 0.05) is 13.1 Å². The lowest BCUT2D eigenvalue weighted by molar-refractivity contribution is -0.123. The summed E-state index contributed by atoms with van der Waals surface area (Å²) in [4.78, 5) is 12.6. The molecule has 1 fully saturated rings. The van der Waals surface area contributed by atoms with Crippen molar-refractivity contribution in [1.29, 1.82) is 0 Å². The van der Waals surface area contributed by atoms with Crippen molar-refractivity contribution in [3.05, 3.63) is 48.0 Å². The molecule has 33 heavy (non-hydrogen) atoms. The van der Waals surface area contributed by atoms with Gasteiger partial charge in [0.1, 0.15) is 5.75 Å². The first-order chi connectivity index (χ1) is 15.8. The van der Waals surface area contributed by atoms with Crippen molar-refractivity contribution >= 4 is 15.9 Å². The number of benzene rings is 2. The number of hydrogen-bond donors (Lipinski definition) is 1. The lowest BCUT2D eigenvalue weighted by Gasteiger charge is -2.20. The average molecular weight is 477 g/mol. The Morgan fingerprint density at radius 2 is 1.61 bits per heavy atom. The summed E-state index contributed by atoms with van der Waals surface area (Å²) in [6.07, 6.45) is 3.89. The first kappa shape index (κ1) is 24.9. The summed E-state index contributed by atoms with van der Waals surface area (Å²) in [6.45, 7) is 2.79. The highest BCUT2D eigenvalue weighted by molar-refractivity contribution is 7.89. The molecular weight excluding hydrogens is 444 g/mol. The molecule has 1 saturated heterocycles. The van der Waals surface area contributed by atoms with Crippen molar-refractivity contribution in [3.63, 3.8) is 0 Å². The third-order valence-electron chi connectivity index (χ3n) is 5.68. The van der Waals surface area contributed by atoms with Gasteiger partial charge in [0.2, 0.25) is 10.0 Å². The van der Waals surface area contributed by atoms with Gasteiger partial charge in [0.05, 0.1) is 25.2 Å². The molecule has 2 aromatic rings. The number of sulfonamides is 1. The molecule has 1 N–H and O–H groups in total. The maximum absolute atomic E-state index is 12.9. The molecule has 0 bridgehead atoms. The normalized spacial score (nSPS) is 15.8. The molecule has 0 aliphatic carbocycles. The maximum Gasteiger partial charge on any atom is 0.258 e. The SMILES string of the molecule is COc1ccc([C@H](C)NC(=O)COc2ccc(S(=O)(=O)N3CCCCCC3)cc2)cc1OC. The van der Waals surface area contributed by atoms with Gasteiger partial charge in [-0.15, -0.1) is 0 Å². The van der Waals surface area contributed by atoms with Crippen LogP contribution in [0.15, 0.2) is 47.4 Å². The van der Waals surface area contributed by atoms with Gasteiger partial charge in [-0.1, -0.05) is 18.9 Å². The molecule has 0 spiro atoms. The van der Waals surface area contributed by atoms with Crippen molar-refractivity contribution < 1.29 is 27.4 Å². The molecule has 1 aliphatic rings. The number of methoxy groups -OCH3 is 2. The Labute approximate surface area is 195 Å². The zero-order valence-electron chi connectivity index (χ0n) is 19.4. The summed E-state index contributed by atoms with van der Waals surface area (Å²) in [7, 11) is -0.386. The van der Waals surface area contributed by atoms with Gasteiger partial charge in [-0.2, -0.15) is 4.31 Å². The molecule has 1 atom stereocenters. The average Bonchev–Trinajstić information content (AvgIpc) is 3.13. The van der Waals surface area contributed by atoms with E-state index in [-0.39, 0.29) is 23.5 Å². The van der Waals surface area contributed by atoms with E-state index in [4.69, 9.17) is 14.2 Å². The van der Waals surface area contributed by atoms with Crippen molar-refractivity contribution in [1.82, 2.24) is 9.62 Å². The van der Waals surface area contributed by atoms with Crippen molar-refractivity contribution in [2.75, 3.05) is 33.9 Å². The van der Waals surface area contributed by atoms with Crippen LogP contribution in [0.3, 0.4) is 0 Å². The predicted molar refractivity (Wildman–Crippen MR) is 125 cm³/mol. The fourth-order valence-corrected chi connectivity index (χ4v) is 5.29. The van der Waals surface area contributed by atoms with Crippen molar-refractivity contribution in [2.24, 2.45) is 0 Å². The van der Waals surface area contributed by atoms with Crippen LogP contribution in [0, 0.1) is 0 Å². The van der Waals surface area contributed by atoms with Gasteiger partial charge in [0.15, 0.2) is 18.1 Å². The molecule has 1 aliphatic heterocycles. The van der Waals surface area contributed by atoms with Crippen molar-refractivity contribution in [2.45, 2.75) is 43.5 Å². The Bertz CT molecular complexity index is 1030. The second kappa shape index (κ2) is 11.4. The fourth-order valence-electron chi connectivity index (χ4n) is 3.78. The minimum absolute atomic E-state index is 0.185. The van der Waals surface area contributed by atoms with E-state index in [0.717, 1.165) is 31.2 Å². The zero-order valence-corrected chi connectivity index (χ0v) is 20.2.